The first-order valence-corrected chi connectivity index (χ1v) is 8.26. The fourth-order valence-electron chi connectivity index (χ4n) is 2.00. The van der Waals surface area contributed by atoms with Crippen LogP contribution in [-0.2, 0) is 24.2 Å². The molecule has 1 atom stereocenters. The van der Waals surface area contributed by atoms with Crippen LogP contribution in [0.25, 0.3) is 0 Å². The van der Waals surface area contributed by atoms with Crippen molar-refractivity contribution in [3.63, 3.8) is 0 Å². The van der Waals surface area contributed by atoms with Gasteiger partial charge >= 0.3 is 5.97 Å². The highest BCUT2D eigenvalue weighted by Crippen LogP contribution is 2.19. The summed E-state index contributed by atoms with van der Waals surface area (Å²) in [6.45, 7) is 3.73. The van der Waals surface area contributed by atoms with Crippen LogP contribution in [0.3, 0.4) is 0 Å². The summed E-state index contributed by atoms with van der Waals surface area (Å²) in [5.41, 5.74) is 8.32. The average Bonchev–Trinajstić information content (AvgIpc) is 2.36. The van der Waals surface area contributed by atoms with E-state index >= 15 is 0 Å². The summed E-state index contributed by atoms with van der Waals surface area (Å²) in [5, 5.41) is -0.635. The Balaban J connectivity index is 5.39. The molecule has 0 saturated heterocycles. The van der Waals surface area contributed by atoms with E-state index in [2.05, 4.69) is 4.74 Å². The maximum Gasteiger partial charge on any atom is 0.336 e. The number of primary amides is 1. The summed E-state index contributed by atoms with van der Waals surface area (Å²) < 4.78 is 29.1. The van der Waals surface area contributed by atoms with Crippen LogP contribution >= 0.6 is 0 Å². The fraction of sp³-hybridized carbons (Fsp3) is 0.833. The number of ether oxygens (including phenoxy) is 1. The monoisotopic (exact) mass is 308 g/mol. The molecule has 0 bridgehead atoms. The van der Waals surface area contributed by atoms with Gasteiger partial charge in [-0.1, -0.05) is 26.7 Å². The van der Waals surface area contributed by atoms with Crippen LogP contribution in [0.15, 0.2) is 0 Å². The Morgan fingerprint density at radius 3 is 1.95 bits per heavy atom. The molecule has 0 rings (SSSR count). The zero-order valence-electron chi connectivity index (χ0n) is 12.2. The normalized spacial score (nSPS) is 14.8. The maximum absolute atomic E-state index is 12.4. The molecular weight excluding hydrogens is 284 g/mol. The predicted octanol–water partition coefficient (Wildman–Crippen LogP) is -0.274. The van der Waals surface area contributed by atoms with E-state index in [1.54, 1.807) is 0 Å². The third-order valence-corrected chi connectivity index (χ3v) is 5.49. The highest BCUT2D eigenvalue weighted by Gasteiger charge is 2.47. The molecule has 0 aliphatic heterocycles. The molecule has 1 amide bonds. The van der Waals surface area contributed by atoms with Crippen molar-refractivity contribution in [1.29, 1.82) is 0 Å². The van der Waals surface area contributed by atoms with E-state index in [1.807, 2.05) is 13.8 Å². The molecule has 0 aromatic carbocycles. The number of esters is 1. The SMILES string of the molecule is CCCC(CCC)S(=O)(=O)C[C@@](N)(C(N)=O)C(=O)OC. The van der Waals surface area contributed by atoms with E-state index in [1.165, 1.54) is 0 Å². The lowest BCUT2D eigenvalue weighted by Gasteiger charge is -2.25. The smallest absolute Gasteiger partial charge is 0.336 e. The summed E-state index contributed by atoms with van der Waals surface area (Å²) in [7, 11) is -2.71. The number of carbonyl (C=O) groups excluding carboxylic acids is 2. The first-order valence-electron chi connectivity index (χ1n) is 6.54. The van der Waals surface area contributed by atoms with Crippen LogP contribution in [0.1, 0.15) is 39.5 Å². The van der Waals surface area contributed by atoms with Crippen LogP contribution in [0.2, 0.25) is 0 Å². The molecule has 0 aromatic heterocycles. The third kappa shape index (κ3) is 4.45. The third-order valence-electron chi connectivity index (χ3n) is 3.15. The molecule has 0 heterocycles. The molecule has 0 radical (unpaired) electrons. The molecule has 0 saturated carbocycles. The lowest BCUT2D eigenvalue weighted by atomic mass is 10.0. The number of methoxy groups -OCH3 is 1. The van der Waals surface area contributed by atoms with Gasteiger partial charge in [0.1, 0.15) is 0 Å². The average molecular weight is 308 g/mol. The molecule has 0 aliphatic rings. The molecular formula is C12H24N2O5S. The van der Waals surface area contributed by atoms with Gasteiger partial charge in [-0.15, -0.1) is 0 Å². The number of nitrogens with two attached hydrogens (primary N) is 2. The molecule has 0 aromatic rings. The Hall–Kier alpha value is -1.15. The zero-order chi connectivity index (χ0) is 16.0. The summed E-state index contributed by atoms with van der Waals surface area (Å²) in [6, 6.07) is 0. The Bertz CT molecular complexity index is 443. The summed E-state index contributed by atoms with van der Waals surface area (Å²) in [5.74, 6) is -3.17. The van der Waals surface area contributed by atoms with Gasteiger partial charge in [0, 0.05) is 0 Å². The fourth-order valence-corrected chi connectivity index (χ4v) is 4.32. The topological polar surface area (TPSA) is 130 Å². The van der Waals surface area contributed by atoms with E-state index in [9.17, 15) is 18.0 Å². The van der Waals surface area contributed by atoms with Crippen molar-refractivity contribution in [2.45, 2.75) is 50.3 Å². The van der Waals surface area contributed by atoms with Gasteiger partial charge in [-0.25, -0.2) is 13.2 Å². The van der Waals surface area contributed by atoms with Crippen LogP contribution in [-0.4, -0.2) is 43.9 Å². The number of hydrogen-bond acceptors (Lipinski definition) is 6. The van der Waals surface area contributed by atoms with Crippen molar-refractivity contribution in [3.8, 4) is 0 Å². The van der Waals surface area contributed by atoms with Crippen molar-refractivity contribution in [1.82, 2.24) is 0 Å². The highest BCUT2D eigenvalue weighted by molar-refractivity contribution is 7.92. The van der Waals surface area contributed by atoms with E-state index < -0.39 is 38.3 Å². The summed E-state index contributed by atoms with van der Waals surface area (Å²) in [6.07, 6.45) is 2.25. The Labute approximate surface area is 119 Å². The van der Waals surface area contributed by atoms with Crippen molar-refractivity contribution >= 4 is 21.7 Å². The van der Waals surface area contributed by atoms with Crippen LogP contribution in [0.5, 0.6) is 0 Å². The first kappa shape index (κ1) is 18.9. The van der Waals surface area contributed by atoms with Gasteiger partial charge in [-0.2, -0.15) is 0 Å². The number of rotatable bonds is 9. The van der Waals surface area contributed by atoms with Crippen molar-refractivity contribution in [2.75, 3.05) is 12.9 Å². The molecule has 118 valence electrons. The lowest BCUT2D eigenvalue weighted by molar-refractivity contribution is -0.150. The minimum absolute atomic E-state index is 0.451. The van der Waals surface area contributed by atoms with Gasteiger partial charge in [0.15, 0.2) is 9.84 Å². The number of hydrogen-bond donors (Lipinski definition) is 2. The highest BCUT2D eigenvalue weighted by atomic mass is 32.2. The van der Waals surface area contributed by atoms with Crippen LogP contribution in [0.4, 0.5) is 0 Å². The van der Waals surface area contributed by atoms with Gasteiger partial charge in [-0.3, -0.25) is 4.79 Å². The molecule has 8 heteroatoms. The lowest BCUT2D eigenvalue weighted by Crippen LogP contribution is -2.63. The predicted molar refractivity (Wildman–Crippen MR) is 75.5 cm³/mol. The van der Waals surface area contributed by atoms with Crippen molar-refractivity contribution < 1.29 is 22.7 Å². The largest absolute Gasteiger partial charge is 0.467 e. The Morgan fingerprint density at radius 1 is 1.20 bits per heavy atom. The second-order valence-electron chi connectivity index (χ2n) is 4.83. The molecule has 0 spiro atoms. The molecule has 0 aliphatic carbocycles. The van der Waals surface area contributed by atoms with E-state index in [-0.39, 0.29) is 0 Å². The van der Waals surface area contributed by atoms with E-state index in [0.29, 0.717) is 25.7 Å². The minimum atomic E-state index is -3.73. The van der Waals surface area contributed by atoms with E-state index in [0.717, 1.165) is 7.11 Å². The van der Waals surface area contributed by atoms with Crippen LogP contribution < -0.4 is 11.5 Å². The number of sulfone groups is 1. The molecule has 20 heavy (non-hydrogen) atoms. The zero-order valence-corrected chi connectivity index (χ0v) is 13.0. The standard InChI is InChI=1S/C12H24N2O5S/c1-4-6-9(7-5-2)20(17,18)8-12(14,10(13)15)11(16)19-3/h9H,4-8,14H2,1-3H3,(H2,13,15)/t12-/m1/s1. The minimum Gasteiger partial charge on any atom is -0.467 e. The summed E-state index contributed by atoms with van der Waals surface area (Å²) >= 11 is 0. The van der Waals surface area contributed by atoms with Crippen LogP contribution in [0, 0.1) is 0 Å². The van der Waals surface area contributed by atoms with Crippen molar-refractivity contribution in [3.05, 3.63) is 0 Å². The number of amides is 1. The van der Waals surface area contributed by atoms with E-state index in [4.69, 9.17) is 11.5 Å². The molecule has 7 nitrogen and oxygen atoms in total. The maximum atomic E-state index is 12.4. The second-order valence-corrected chi connectivity index (χ2v) is 7.11. The quantitative estimate of drug-likeness (QED) is 0.445. The van der Waals surface area contributed by atoms with Gasteiger partial charge in [0.25, 0.3) is 0 Å². The second kappa shape index (κ2) is 7.58. The summed E-state index contributed by atoms with van der Waals surface area (Å²) in [4.78, 5) is 22.9. The Morgan fingerprint density at radius 2 is 1.65 bits per heavy atom. The van der Waals surface area contributed by atoms with Gasteiger partial charge < -0.3 is 16.2 Å². The van der Waals surface area contributed by atoms with Gasteiger partial charge in [0.05, 0.1) is 18.1 Å². The molecule has 0 unspecified atom stereocenters. The van der Waals surface area contributed by atoms with Crippen molar-refractivity contribution in [2.24, 2.45) is 11.5 Å². The Kier molecular flexibility index (Phi) is 7.15. The van der Waals surface area contributed by atoms with Gasteiger partial charge in [-0.05, 0) is 12.8 Å². The van der Waals surface area contributed by atoms with Gasteiger partial charge in [0.2, 0.25) is 11.4 Å². The molecule has 4 N–H and O–H groups in total. The first-order chi connectivity index (χ1) is 9.15. The number of carbonyl (C=O) groups is 2. The molecule has 0 fully saturated rings.